The molecule has 1 atom stereocenters. The molecule has 0 spiro atoms. The van der Waals surface area contributed by atoms with Crippen molar-refractivity contribution >= 4 is 43.7 Å². The van der Waals surface area contributed by atoms with Crippen LogP contribution in [0.2, 0.25) is 0 Å². The summed E-state index contributed by atoms with van der Waals surface area (Å²) in [5.74, 6) is 0.536. The maximum absolute atomic E-state index is 5.73. The number of rotatable bonds is 3. The number of ether oxygens (including phenoxy) is 1. The number of piperazine rings is 1. The van der Waals surface area contributed by atoms with Gasteiger partial charge in [-0.2, -0.15) is 0 Å². The lowest BCUT2D eigenvalue weighted by atomic mass is 9.77. The Balaban J connectivity index is 1.14. The van der Waals surface area contributed by atoms with Crippen LogP contribution in [0.25, 0.3) is 32.3 Å². The number of nitrogens with zero attached hydrogens (tertiary/aromatic N) is 3. The van der Waals surface area contributed by atoms with E-state index in [1.165, 1.54) is 61.2 Å². The van der Waals surface area contributed by atoms with Gasteiger partial charge in [0.05, 0.1) is 13.2 Å². The second-order valence-electron chi connectivity index (χ2n) is 12.3. The molecule has 3 aliphatic rings. The maximum atomic E-state index is 5.73. The molecule has 2 heterocycles. The van der Waals surface area contributed by atoms with Crippen LogP contribution in [0.4, 0.5) is 11.4 Å². The standard InChI is InChI=1S/C37H39N3O/c1-38-16-18-39(19-17-38)30-10-15-32-29(25-30)9-14-35-31-11-7-28(24-27(31)8-13-36(32)35)34-12-6-26-4-2-3-5-33(26)37(34)40-20-22-41-23-21-40/h2-6,8-10,12-15,25,28H,7,11,16-24H2,1H3. The highest BCUT2D eigenvalue weighted by Gasteiger charge is 2.27. The van der Waals surface area contributed by atoms with Crippen LogP contribution in [0.3, 0.4) is 0 Å². The van der Waals surface area contributed by atoms with Crippen LogP contribution >= 0.6 is 0 Å². The molecule has 2 aliphatic heterocycles. The number of anilines is 2. The van der Waals surface area contributed by atoms with Crippen LogP contribution in [-0.4, -0.2) is 64.4 Å². The van der Waals surface area contributed by atoms with Crippen LogP contribution in [0, 0.1) is 0 Å². The number of aryl methyl sites for hydroxylation is 1. The summed E-state index contributed by atoms with van der Waals surface area (Å²) in [7, 11) is 2.22. The first-order chi connectivity index (χ1) is 20.2. The molecule has 4 nitrogen and oxygen atoms in total. The van der Waals surface area contributed by atoms with E-state index in [9.17, 15) is 0 Å². The average molecular weight is 542 g/mol. The number of benzene rings is 5. The smallest absolute Gasteiger partial charge is 0.0642 e. The van der Waals surface area contributed by atoms with Gasteiger partial charge in [0.1, 0.15) is 0 Å². The molecule has 0 N–H and O–H groups in total. The molecule has 208 valence electrons. The Morgan fingerprint density at radius 3 is 2.32 bits per heavy atom. The summed E-state index contributed by atoms with van der Waals surface area (Å²) in [6.07, 6.45) is 3.45. The monoisotopic (exact) mass is 541 g/mol. The van der Waals surface area contributed by atoms with Crippen LogP contribution in [0.1, 0.15) is 29.0 Å². The topological polar surface area (TPSA) is 19.0 Å². The van der Waals surface area contributed by atoms with E-state index in [0.717, 1.165) is 65.3 Å². The third-order valence-electron chi connectivity index (χ3n) is 9.99. The van der Waals surface area contributed by atoms with Gasteiger partial charge in [0.25, 0.3) is 0 Å². The molecule has 8 rings (SSSR count). The first kappa shape index (κ1) is 25.1. The molecule has 2 saturated heterocycles. The SMILES string of the molecule is CN1CCN(c2ccc3c(ccc4c5c(ccc43)CC(c3ccc4ccccc4c3N3CCOCC3)CC5)c2)CC1. The Hall–Kier alpha value is -3.60. The fourth-order valence-electron chi connectivity index (χ4n) is 7.68. The van der Waals surface area contributed by atoms with Crippen molar-refractivity contribution in [3.8, 4) is 0 Å². The predicted molar refractivity (Wildman–Crippen MR) is 173 cm³/mol. The molecular formula is C37H39N3O. The highest BCUT2D eigenvalue weighted by molar-refractivity contribution is 6.09. The Bertz CT molecular complexity index is 1750. The van der Waals surface area contributed by atoms with E-state index in [1.807, 2.05) is 0 Å². The van der Waals surface area contributed by atoms with Crippen LogP contribution in [0.15, 0.2) is 78.9 Å². The Kier molecular flexibility index (Phi) is 6.34. The fourth-order valence-corrected chi connectivity index (χ4v) is 7.68. The maximum Gasteiger partial charge on any atom is 0.0642 e. The third-order valence-corrected chi connectivity index (χ3v) is 9.99. The molecule has 41 heavy (non-hydrogen) atoms. The molecule has 0 bridgehead atoms. The molecule has 1 aliphatic carbocycles. The van der Waals surface area contributed by atoms with Crippen molar-refractivity contribution in [1.82, 2.24) is 4.90 Å². The minimum Gasteiger partial charge on any atom is -0.378 e. The predicted octanol–water partition coefficient (Wildman–Crippen LogP) is 7.01. The minimum absolute atomic E-state index is 0.536. The van der Waals surface area contributed by atoms with Gasteiger partial charge in [0, 0.05) is 56.0 Å². The van der Waals surface area contributed by atoms with Crippen molar-refractivity contribution in [2.45, 2.75) is 25.2 Å². The van der Waals surface area contributed by atoms with Crippen molar-refractivity contribution in [1.29, 1.82) is 0 Å². The molecular weight excluding hydrogens is 502 g/mol. The van der Waals surface area contributed by atoms with E-state index in [1.54, 1.807) is 5.56 Å². The lowest BCUT2D eigenvalue weighted by molar-refractivity contribution is 0.122. The molecule has 0 amide bonds. The van der Waals surface area contributed by atoms with Crippen LogP contribution < -0.4 is 9.80 Å². The molecule has 0 radical (unpaired) electrons. The van der Waals surface area contributed by atoms with Crippen LogP contribution in [0.5, 0.6) is 0 Å². The van der Waals surface area contributed by atoms with Gasteiger partial charge in [-0.15, -0.1) is 0 Å². The number of morpholine rings is 1. The van der Waals surface area contributed by atoms with E-state index in [4.69, 9.17) is 4.74 Å². The zero-order chi connectivity index (χ0) is 27.3. The van der Waals surface area contributed by atoms with Crippen molar-refractivity contribution in [3.63, 3.8) is 0 Å². The van der Waals surface area contributed by atoms with E-state index in [2.05, 4.69) is 101 Å². The number of likely N-dealkylation sites (N-methyl/N-ethyl adjacent to an activating group) is 1. The lowest BCUT2D eigenvalue weighted by Gasteiger charge is -2.35. The van der Waals surface area contributed by atoms with Crippen LogP contribution in [-0.2, 0) is 17.6 Å². The van der Waals surface area contributed by atoms with Crippen molar-refractivity contribution in [3.05, 3.63) is 95.6 Å². The van der Waals surface area contributed by atoms with Crippen molar-refractivity contribution in [2.24, 2.45) is 0 Å². The van der Waals surface area contributed by atoms with Gasteiger partial charge < -0.3 is 19.4 Å². The van der Waals surface area contributed by atoms with Gasteiger partial charge in [-0.05, 0) is 88.0 Å². The quantitative estimate of drug-likeness (QED) is 0.229. The molecule has 5 aromatic carbocycles. The summed E-state index contributed by atoms with van der Waals surface area (Å²) < 4.78 is 5.73. The highest BCUT2D eigenvalue weighted by atomic mass is 16.5. The average Bonchev–Trinajstić information content (AvgIpc) is 3.04. The van der Waals surface area contributed by atoms with E-state index in [-0.39, 0.29) is 0 Å². The highest BCUT2D eigenvalue weighted by Crippen LogP contribution is 2.43. The molecule has 1 unspecified atom stereocenters. The summed E-state index contributed by atoms with van der Waals surface area (Å²) in [6.45, 7) is 8.05. The lowest BCUT2D eigenvalue weighted by Crippen LogP contribution is -2.44. The van der Waals surface area contributed by atoms with E-state index in [0.29, 0.717) is 5.92 Å². The Morgan fingerprint density at radius 2 is 1.44 bits per heavy atom. The number of hydrogen-bond acceptors (Lipinski definition) is 4. The van der Waals surface area contributed by atoms with Crippen molar-refractivity contribution in [2.75, 3.05) is 69.3 Å². The summed E-state index contributed by atoms with van der Waals surface area (Å²) in [5.41, 5.74) is 7.42. The molecule has 5 aromatic rings. The summed E-state index contributed by atoms with van der Waals surface area (Å²) in [4.78, 5) is 7.54. The Labute approximate surface area is 243 Å². The van der Waals surface area contributed by atoms with Gasteiger partial charge in [0.2, 0.25) is 0 Å². The summed E-state index contributed by atoms with van der Waals surface area (Å²) in [6, 6.07) is 30.4. The van der Waals surface area contributed by atoms with Gasteiger partial charge in [-0.25, -0.2) is 0 Å². The largest absolute Gasteiger partial charge is 0.378 e. The fraction of sp³-hybridized carbons (Fsp3) is 0.351. The first-order valence-electron chi connectivity index (χ1n) is 15.5. The normalized spacial score (nSPS) is 20.2. The zero-order valence-electron chi connectivity index (χ0n) is 24.1. The van der Waals surface area contributed by atoms with E-state index < -0.39 is 0 Å². The summed E-state index contributed by atoms with van der Waals surface area (Å²) >= 11 is 0. The first-order valence-corrected chi connectivity index (χ1v) is 15.5. The van der Waals surface area contributed by atoms with Gasteiger partial charge in [-0.1, -0.05) is 66.7 Å². The van der Waals surface area contributed by atoms with E-state index >= 15 is 0 Å². The number of hydrogen-bond donors (Lipinski definition) is 0. The molecule has 4 heteroatoms. The molecule has 0 saturated carbocycles. The van der Waals surface area contributed by atoms with Crippen molar-refractivity contribution < 1.29 is 4.74 Å². The third kappa shape index (κ3) is 4.45. The number of fused-ring (bicyclic) bond motifs is 6. The second-order valence-corrected chi connectivity index (χ2v) is 12.3. The Morgan fingerprint density at radius 1 is 0.659 bits per heavy atom. The zero-order valence-corrected chi connectivity index (χ0v) is 24.1. The second kappa shape index (κ2) is 10.3. The van der Waals surface area contributed by atoms with Gasteiger partial charge >= 0.3 is 0 Å². The van der Waals surface area contributed by atoms with Gasteiger partial charge in [0.15, 0.2) is 0 Å². The molecule has 2 fully saturated rings. The molecule has 0 aromatic heterocycles. The van der Waals surface area contributed by atoms with Gasteiger partial charge in [-0.3, -0.25) is 0 Å². The summed E-state index contributed by atoms with van der Waals surface area (Å²) in [5, 5.41) is 8.32. The minimum atomic E-state index is 0.536.